The second-order valence-electron chi connectivity index (χ2n) is 2.93. The molecular weight excluding hydrogens is 221 g/mol. The topological polar surface area (TPSA) is 46.2 Å². The van der Waals surface area contributed by atoms with Crippen LogP contribution >= 0.6 is 11.6 Å². The molecule has 80 valence electrons. The summed E-state index contributed by atoms with van der Waals surface area (Å²) in [4.78, 5) is 21.8. The molecule has 0 unspecified atom stereocenters. The van der Waals surface area contributed by atoms with Crippen molar-refractivity contribution in [3.05, 3.63) is 29.6 Å². The molecular formula is C10H9ClFNO2. The third kappa shape index (κ3) is 3.02. The van der Waals surface area contributed by atoms with Crippen LogP contribution < -0.4 is 5.32 Å². The molecule has 0 radical (unpaired) electrons. The number of halogens is 2. The average molecular weight is 230 g/mol. The Morgan fingerprint density at radius 3 is 2.60 bits per heavy atom. The predicted octanol–water partition coefficient (Wildman–Crippen LogP) is 2.21. The number of alkyl halides is 1. The van der Waals surface area contributed by atoms with Crippen molar-refractivity contribution >= 4 is 29.0 Å². The molecule has 0 aromatic heterocycles. The maximum absolute atomic E-state index is 13.3. The molecule has 1 amide bonds. The van der Waals surface area contributed by atoms with E-state index in [2.05, 4.69) is 5.32 Å². The van der Waals surface area contributed by atoms with Crippen molar-refractivity contribution in [2.45, 2.75) is 6.92 Å². The van der Waals surface area contributed by atoms with Gasteiger partial charge in [0.05, 0.1) is 5.56 Å². The van der Waals surface area contributed by atoms with Gasteiger partial charge in [-0.25, -0.2) is 4.39 Å². The maximum Gasteiger partial charge on any atom is 0.239 e. The molecule has 0 heterocycles. The van der Waals surface area contributed by atoms with Crippen LogP contribution in [0.1, 0.15) is 17.3 Å². The van der Waals surface area contributed by atoms with E-state index in [0.717, 1.165) is 6.07 Å². The number of Topliss-reactive ketones (excluding diaryl/α,β-unsaturated/α-hetero) is 1. The fourth-order valence-electron chi connectivity index (χ4n) is 1.07. The summed E-state index contributed by atoms with van der Waals surface area (Å²) in [5, 5.41) is 2.38. The third-order valence-electron chi connectivity index (χ3n) is 1.75. The van der Waals surface area contributed by atoms with Crippen LogP contribution in [-0.4, -0.2) is 17.6 Å². The molecule has 0 fully saturated rings. The minimum atomic E-state index is -0.658. The quantitative estimate of drug-likeness (QED) is 0.638. The predicted molar refractivity (Wildman–Crippen MR) is 55.8 cm³/mol. The van der Waals surface area contributed by atoms with Crippen molar-refractivity contribution < 1.29 is 14.0 Å². The van der Waals surface area contributed by atoms with E-state index in [1.165, 1.54) is 19.1 Å². The zero-order chi connectivity index (χ0) is 11.4. The van der Waals surface area contributed by atoms with Gasteiger partial charge in [0.1, 0.15) is 11.7 Å². The van der Waals surface area contributed by atoms with Crippen LogP contribution in [-0.2, 0) is 4.79 Å². The average Bonchev–Trinajstić information content (AvgIpc) is 2.17. The maximum atomic E-state index is 13.3. The molecule has 0 saturated heterocycles. The Balaban J connectivity index is 2.91. The minimum absolute atomic E-state index is 0.00104. The Morgan fingerprint density at radius 1 is 1.47 bits per heavy atom. The summed E-state index contributed by atoms with van der Waals surface area (Å²) in [5.41, 5.74) is 0.280. The number of hydrogen-bond acceptors (Lipinski definition) is 2. The van der Waals surface area contributed by atoms with Gasteiger partial charge in [-0.1, -0.05) is 0 Å². The van der Waals surface area contributed by atoms with Crippen LogP contribution in [0.2, 0.25) is 0 Å². The molecule has 0 saturated carbocycles. The molecule has 1 aromatic rings. The molecule has 3 nitrogen and oxygen atoms in total. The summed E-state index contributed by atoms with van der Waals surface area (Å²) in [5.74, 6) is -1.64. The van der Waals surface area contributed by atoms with Crippen molar-refractivity contribution in [3.63, 3.8) is 0 Å². The highest BCUT2D eigenvalue weighted by molar-refractivity contribution is 6.29. The number of ketones is 1. The van der Waals surface area contributed by atoms with Crippen LogP contribution in [0, 0.1) is 5.82 Å². The first-order valence-corrected chi connectivity index (χ1v) is 4.74. The van der Waals surface area contributed by atoms with E-state index in [9.17, 15) is 14.0 Å². The number of anilines is 1. The summed E-state index contributed by atoms with van der Waals surface area (Å²) in [7, 11) is 0. The molecule has 0 bridgehead atoms. The van der Waals surface area contributed by atoms with Gasteiger partial charge >= 0.3 is 0 Å². The van der Waals surface area contributed by atoms with E-state index in [-0.39, 0.29) is 22.9 Å². The molecule has 15 heavy (non-hydrogen) atoms. The lowest BCUT2D eigenvalue weighted by Crippen LogP contribution is -2.13. The fraction of sp³-hybridized carbons (Fsp3) is 0.200. The summed E-state index contributed by atoms with van der Waals surface area (Å²) in [6.07, 6.45) is 0. The Kier molecular flexibility index (Phi) is 3.80. The van der Waals surface area contributed by atoms with Gasteiger partial charge in [0.2, 0.25) is 5.91 Å². The SMILES string of the molecule is CC(=O)c1ccc(NC(=O)CCl)cc1F. The number of nitrogens with one attached hydrogen (secondary N) is 1. The zero-order valence-electron chi connectivity index (χ0n) is 8.01. The number of amides is 1. The molecule has 0 spiro atoms. The first kappa shape index (κ1) is 11.7. The number of benzene rings is 1. The van der Waals surface area contributed by atoms with Gasteiger partial charge in [-0.05, 0) is 25.1 Å². The Morgan fingerprint density at radius 2 is 2.13 bits per heavy atom. The van der Waals surface area contributed by atoms with Gasteiger partial charge in [0.25, 0.3) is 0 Å². The Labute approximate surface area is 91.2 Å². The lowest BCUT2D eigenvalue weighted by Gasteiger charge is -2.04. The van der Waals surface area contributed by atoms with Crippen LogP contribution in [0.3, 0.4) is 0 Å². The molecule has 0 aliphatic rings. The molecule has 1 N–H and O–H groups in total. The van der Waals surface area contributed by atoms with Gasteiger partial charge in [0.15, 0.2) is 5.78 Å². The fourth-order valence-corrected chi connectivity index (χ4v) is 1.14. The summed E-state index contributed by atoms with van der Waals surface area (Å²) >= 11 is 5.26. The van der Waals surface area contributed by atoms with E-state index in [1.807, 2.05) is 0 Å². The monoisotopic (exact) mass is 229 g/mol. The van der Waals surface area contributed by atoms with E-state index >= 15 is 0 Å². The molecule has 1 aromatic carbocycles. The van der Waals surface area contributed by atoms with Crippen LogP contribution in [0.15, 0.2) is 18.2 Å². The zero-order valence-corrected chi connectivity index (χ0v) is 8.77. The number of carbonyl (C=O) groups excluding carboxylic acids is 2. The lowest BCUT2D eigenvalue weighted by molar-refractivity contribution is -0.113. The van der Waals surface area contributed by atoms with E-state index in [0.29, 0.717) is 0 Å². The number of rotatable bonds is 3. The van der Waals surface area contributed by atoms with Crippen molar-refractivity contribution in [1.82, 2.24) is 0 Å². The molecule has 0 aliphatic carbocycles. The third-order valence-corrected chi connectivity index (χ3v) is 2.00. The highest BCUT2D eigenvalue weighted by Crippen LogP contribution is 2.15. The molecule has 0 atom stereocenters. The second-order valence-corrected chi connectivity index (χ2v) is 3.20. The van der Waals surface area contributed by atoms with Gasteiger partial charge in [-0.15, -0.1) is 11.6 Å². The highest BCUT2D eigenvalue weighted by atomic mass is 35.5. The van der Waals surface area contributed by atoms with Gasteiger partial charge < -0.3 is 5.32 Å². The highest BCUT2D eigenvalue weighted by Gasteiger charge is 2.08. The van der Waals surface area contributed by atoms with E-state index in [1.54, 1.807) is 0 Å². The summed E-state index contributed by atoms with van der Waals surface area (Å²) in [6, 6.07) is 3.85. The van der Waals surface area contributed by atoms with Crippen molar-refractivity contribution in [1.29, 1.82) is 0 Å². The first-order chi connectivity index (χ1) is 7.04. The van der Waals surface area contributed by atoms with Crippen LogP contribution in [0.25, 0.3) is 0 Å². The Hall–Kier alpha value is -1.42. The van der Waals surface area contributed by atoms with Gasteiger partial charge in [0, 0.05) is 5.69 Å². The van der Waals surface area contributed by atoms with Gasteiger partial charge in [-0.3, -0.25) is 9.59 Å². The van der Waals surface area contributed by atoms with E-state index < -0.39 is 11.7 Å². The van der Waals surface area contributed by atoms with Crippen LogP contribution in [0.5, 0.6) is 0 Å². The molecule has 1 rings (SSSR count). The smallest absolute Gasteiger partial charge is 0.239 e. The number of carbonyl (C=O) groups is 2. The number of hydrogen-bond donors (Lipinski definition) is 1. The normalized spacial score (nSPS) is 9.80. The largest absolute Gasteiger partial charge is 0.325 e. The minimum Gasteiger partial charge on any atom is -0.325 e. The first-order valence-electron chi connectivity index (χ1n) is 4.21. The van der Waals surface area contributed by atoms with Crippen molar-refractivity contribution in [3.8, 4) is 0 Å². The Bertz CT molecular complexity index is 406. The van der Waals surface area contributed by atoms with Gasteiger partial charge in [-0.2, -0.15) is 0 Å². The van der Waals surface area contributed by atoms with Crippen molar-refractivity contribution in [2.75, 3.05) is 11.2 Å². The molecule has 0 aliphatic heterocycles. The van der Waals surface area contributed by atoms with Crippen LogP contribution in [0.4, 0.5) is 10.1 Å². The van der Waals surface area contributed by atoms with E-state index in [4.69, 9.17) is 11.6 Å². The lowest BCUT2D eigenvalue weighted by atomic mass is 10.1. The second kappa shape index (κ2) is 4.89. The molecule has 5 heteroatoms. The summed E-state index contributed by atoms with van der Waals surface area (Å²) < 4.78 is 13.3. The van der Waals surface area contributed by atoms with Crippen molar-refractivity contribution in [2.24, 2.45) is 0 Å². The summed E-state index contributed by atoms with van der Waals surface area (Å²) in [6.45, 7) is 1.27. The standard InChI is InChI=1S/C10H9ClFNO2/c1-6(14)8-3-2-7(4-9(8)12)13-10(15)5-11/h2-4H,5H2,1H3,(H,13,15).